The molecule has 1 saturated heterocycles. The molecule has 0 saturated carbocycles. The largest absolute Gasteiger partial charge is 0.462 e. The maximum atomic E-state index is 12.8. The average Bonchev–Trinajstić information content (AvgIpc) is 3.18. The Kier molecular flexibility index (Phi) is 32.0. The van der Waals surface area contributed by atoms with E-state index < -0.39 is 71.2 Å². The van der Waals surface area contributed by atoms with Gasteiger partial charge in [0.2, 0.25) is 0 Å². The number of hydrogen-bond acceptors (Lipinski definition) is 11. The lowest BCUT2D eigenvalue weighted by Gasteiger charge is -2.40. The van der Waals surface area contributed by atoms with Crippen LogP contribution < -0.4 is 0 Å². The molecule has 1 aliphatic rings. The number of esters is 2. The smallest absolute Gasteiger partial charge is 0.306 e. The van der Waals surface area contributed by atoms with E-state index in [4.69, 9.17) is 18.9 Å². The van der Waals surface area contributed by atoms with Gasteiger partial charge in [-0.3, -0.25) is 14.1 Å². The molecule has 1 aliphatic heterocycles. The van der Waals surface area contributed by atoms with E-state index >= 15 is 0 Å². The molecule has 2 unspecified atom stereocenters. The van der Waals surface area contributed by atoms with E-state index in [9.17, 15) is 37.9 Å². The molecule has 0 aromatic rings. The molecule has 0 radical (unpaired) electrons. The maximum Gasteiger partial charge on any atom is 0.306 e. The molecular weight excluding hydrogens is 765 g/mol. The summed E-state index contributed by atoms with van der Waals surface area (Å²) in [4.78, 5) is 25.3. The molecule has 332 valence electrons. The van der Waals surface area contributed by atoms with E-state index in [0.29, 0.717) is 12.8 Å². The normalized spacial score (nSPS) is 21.1. The van der Waals surface area contributed by atoms with Gasteiger partial charge in [-0.15, -0.1) is 0 Å². The highest BCUT2D eigenvalue weighted by Gasteiger charge is 2.46. The van der Waals surface area contributed by atoms with Gasteiger partial charge in [-0.2, -0.15) is 8.42 Å². The molecule has 1 fully saturated rings. The zero-order valence-electron chi connectivity index (χ0n) is 35.1. The van der Waals surface area contributed by atoms with Crippen molar-refractivity contribution >= 4 is 22.1 Å². The lowest BCUT2D eigenvalue weighted by molar-refractivity contribution is -0.297. The molecule has 6 atom stereocenters. The first-order valence-corrected chi connectivity index (χ1v) is 23.2. The Balaban J connectivity index is 2.52. The van der Waals surface area contributed by atoms with Gasteiger partial charge in [-0.25, -0.2) is 0 Å². The minimum Gasteiger partial charge on any atom is -0.462 e. The number of aliphatic hydroxyl groups is 3. The molecular formula is C45H74O12S. The summed E-state index contributed by atoms with van der Waals surface area (Å²) in [6.45, 7) is 3.54. The fourth-order valence-corrected chi connectivity index (χ4v) is 6.70. The van der Waals surface area contributed by atoms with Gasteiger partial charge < -0.3 is 34.3 Å². The van der Waals surface area contributed by atoms with Gasteiger partial charge in [0.1, 0.15) is 36.8 Å². The predicted octanol–water partition coefficient (Wildman–Crippen LogP) is 8.33. The molecule has 0 aliphatic carbocycles. The molecule has 13 heteroatoms. The van der Waals surface area contributed by atoms with Crippen molar-refractivity contribution in [2.75, 3.05) is 19.0 Å². The fourth-order valence-electron chi connectivity index (χ4n) is 6.01. The number of rotatable bonds is 34. The van der Waals surface area contributed by atoms with Crippen molar-refractivity contribution in [2.45, 2.75) is 179 Å². The number of unbranched alkanes of at least 4 members (excludes halogenated alkanes) is 13. The highest BCUT2D eigenvalue weighted by atomic mass is 32.2. The SMILES string of the molecule is CC/C=C/C=C/C=C/C=C/CCCCCCCC(=O)O[C@H](COC(=O)CCCC/C=C/C/C=C/CCCCCCCC)CO[C@H]1O[C@H](CS(=O)(=O)O)[C@@H](O)C(O)C1O. The van der Waals surface area contributed by atoms with Gasteiger partial charge in [0.05, 0.1) is 6.61 Å². The first-order valence-electron chi connectivity index (χ1n) is 21.5. The summed E-state index contributed by atoms with van der Waals surface area (Å²) in [5.41, 5.74) is 0. The van der Waals surface area contributed by atoms with Gasteiger partial charge in [-0.05, 0) is 64.2 Å². The number of carbonyl (C=O) groups excluding carboxylic acids is 2. The molecule has 0 amide bonds. The van der Waals surface area contributed by atoms with Gasteiger partial charge in [0, 0.05) is 12.8 Å². The molecule has 1 rings (SSSR count). The molecule has 58 heavy (non-hydrogen) atoms. The number of aliphatic hydroxyl groups excluding tert-OH is 3. The zero-order valence-corrected chi connectivity index (χ0v) is 35.9. The minimum absolute atomic E-state index is 0.127. The third-order valence-corrected chi connectivity index (χ3v) is 10.1. The number of ether oxygens (including phenoxy) is 4. The van der Waals surface area contributed by atoms with E-state index in [2.05, 4.69) is 50.3 Å². The fraction of sp³-hybridized carbons (Fsp3) is 0.689. The van der Waals surface area contributed by atoms with E-state index in [1.807, 2.05) is 36.5 Å². The first kappa shape index (κ1) is 53.1. The summed E-state index contributed by atoms with van der Waals surface area (Å²) in [5.74, 6) is -2.07. The van der Waals surface area contributed by atoms with Gasteiger partial charge in [0.15, 0.2) is 12.4 Å². The van der Waals surface area contributed by atoms with Crippen molar-refractivity contribution in [2.24, 2.45) is 0 Å². The summed E-state index contributed by atoms with van der Waals surface area (Å²) in [6.07, 6.45) is 33.8. The second-order valence-corrected chi connectivity index (χ2v) is 16.2. The standard InChI is InChI=1S/C45H74O12S/c1-3-5-7-9-11-13-15-17-19-21-23-25-27-29-31-33-40(46)54-35-38(36-55-45-44(50)43(49)42(48)39(57-45)37-58(51,52)53)56-41(47)34-32-30-28-26-24-22-20-18-16-14-12-10-8-6-4-2/h6,8,10,12,14,16-20,23,25,38-39,42-45,48-50H,3-5,7,9,11,13,15,21-22,24,26-37H2,1-2H3,(H,51,52,53)/b8-6+,12-10+,16-14+,19-17+,20-18+,25-23+/t38-,39-,42-,43?,44?,45+/m1/s1. The van der Waals surface area contributed by atoms with Crippen LogP contribution in [-0.4, -0.2) is 96.0 Å². The molecule has 4 N–H and O–H groups in total. The van der Waals surface area contributed by atoms with Crippen LogP contribution in [0.25, 0.3) is 0 Å². The Morgan fingerprint density at radius 1 is 0.621 bits per heavy atom. The Morgan fingerprint density at radius 2 is 1.16 bits per heavy atom. The van der Waals surface area contributed by atoms with Crippen molar-refractivity contribution in [3.8, 4) is 0 Å². The molecule has 0 aromatic carbocycles. The Hall–Kier alpha value is -2.91. The molecule has 0 spiro atoms. The van der Waals surface area contributed by atoms with Crippen LogP contribution in [0.15, 0.2) is 72.9 Å². The van der Waals surface area contributed by atoms with Crippen LogP contribution in [0.2, 0.25) is 0 Å². The Labute approximate surface area is 348 Å². The highest BCUT2D eigenvalue weighted by molar-refractivity contribution is 7.85. The van der Waals surface area contributed by atoms with Crippen LogP contribution in [0.4, 0.5) is 0 Å². The van der Waals surface area contributed by atoms with Gasteiger partial charge >= 0.3 is 11.9 Å². The zero-order chi connectivity index (χ0) is 42.7. The van der Waals surface area contributed by atoms with Gasteiger partial charge in [-0.1, -0.05) is 138 Å². The van der Waals surface area contributed by atoms with Crippen molar-refractivity contribution in [3.05, 3.63) is 72.9 Å². The lowest BCUT2D eigenvalue weighted by atomic mass is 10.00. The summed E-state index contributed by atoms with van der Waals surface area (Å²) in [5, 5.41) is 30.8. The number of allylic oxidation sites excluding steroid dienone is 12. The van der Waals surface area contributed by atoms with E-state index in [1.165, 1.54) is 38.5 Å². The Morgan fingerprint density at radius 3 is 1.79 bits per heavy atom. The quantitative estimate of drug-likeness (QED) is 0.0160. The summed E-state index contributed by atoms with van der Waals surface area (Å²) >= 11 is 0. The van der Waals surface area contributed by atoms with Gasteiger partial charge in [0.25, 0.3) is 10.1 Å². The van der Waals surface area contributed by atoms with Crippen molar-refractivity contribution < 1.29 is 56.8 Å². The lowest BCUT2D eigenvalue weighted by Crippen LogP contribution is -2.60. The second kappa shape index (κ2) is 34.9. The topological polar surface area (TPSA) is 186 Å². The Bertz CT molecular complexity index is 1350. The van der Waals surface area contributed by atoms with Crippen molar-refractivity contribution in [1.29, 1.82) is 0 Å². The van der Waals surface area contributed by atoms with E-state index in [-0.39, 0.29) is 19.4 Å². The summed E-state index contributed by atoms with van der Waals surface area (Å²) < 4.78 is 53.9. The number of hydrogen-bond donors (Lipinski definition) is 4. The van der Waals surface area contributed by atoms with Crippen LogP contribution in [0.1, 0.15) is 142 Å². The number of carbonyl (C=O) groups is 2. The highest BCUT2D eigenvalue weighted by Crippen LogP contribution is 2.24. The third kappa shape index (κ3) is 29.3. The van der Waals surface area contributed by atoms with Crippen molar-refractivity contribution in [1.82, 2.24) is 0 Å². The van der Waals surface area contributed by atoms with Crippen molar-refractivity contribution in [3.63, 3.8) is 0 Å². The molecule has 1 heterocycles. The van der Waals surface area contributed by atoms with Crippen LogP contribution in [0.5, 0.6) is 0 Å². The third-order valence-electron chi connectivity index (χ3n) is 9.36. The molecule has 12 nitrogen and oxygen atoms in total. The predicted molar refractivity (Wildman–Crippen MR) is 228 cm³/mol. The monoisotopic (exact) mass is 838 g/mol. The minimum atomic E-state index is -4.61. The van der Waals surface area contributed by atoms with Crippen LogP contribution in [-0.2, 0) is 38.7 Å². The second-order valence-electron chi connectivity index (χ2n) is 14.7. The molecule has 0 bridgehead atoms. The average molecular weight is 839 g/mol. The summed E-state index contributed by atoms with van der Waals surface area (Å²) in [7, 11) is -4.61. The van der Waals surface area contributed by atoms with Crippen LogP contribution in [0, 0.1) is 0 Å². The molecule has 0 aromatic heterocycles. The first-order chi connectivity index (χ1) is 28.0. The van der Waals surface area contributed by atoms with Crippen LogP contribution >= 0.6 is 0 Å². The van der Waals surface area contributed by atoms with E-state index in [0.717, 1.165) is 64.2 Å². The van der Waals surface area contributed by atoms with Crippen LogP contribution in [0.3, 0.4) is 0 Å². The maximum absolute atomic E-state index is 12.8. The van der Waals surface area contributed by atoms with E-state index in [1.54, 1.807) is 0 Å². The summed E-state index contributed by atoms with van der Waals surface area (Å²) in [6, 6.07) is 0.